The highest BCUT2D eigenvalue weighted by Gasteiger charge is 2.13. The first kappa shape index (κ1) is 19.1. The molecule has 0 saturated carbocycles. The van der Waals surface area contributed by atoms with Gasteiger partial charge in [-0.15, -0.1) is 16.9 Å². The Hall–Kier alpha value is -2.65. The van der Waals surface area contributed by atoms with E-state index in [2.05, 4.69) is 15.5 Å². The average molecular weight is 403 g/mol. The molecule has 1 amide bonds. The van der Waals surface area contributed by atoms with Crippen molar-refractivity contribution in [2.45, 2.75) is 16.2 Å². The maximum absolute atomic E-state index is 12.3. The Morgan fingerprint density at radius 2 is 1.89 bits per heavy atom. The number of benzene rings is 2. The van der Waals surface area contributed by atoms with Gasteiger partial charge in [-0.05, 0) is 42.2 Å². The fourth-order valence-corrected chi connectivity index (χ4v) is 3.43. The number of nitrogens with one attached hydrogen (secondary N) is 1. The number of amides is 1. The number of carbonyl (C=O) groups is 1. The number of thioether (sulfide) groups is 1. The van der Waals surface area contributed by atoms with Gasteiger partial charge in [0.2, 0.25) is 5.89 Å². The third kappa shape index (κ3) is 4.95. The van der Waals surface area contributed by atoms with E-state index in [0.29, 0.717) is 17.9 Å². The zero-order valence-corrected chi connectivity index (χ0v) is 16.3. The number of rotatable bonds is 6. The van der Waals surface area contributed by atoms with Gasteiger partial charge in [0.15, 0.2) is 9.84 Å². The van der Waals surface area contributed by atoms with Gasteiger partial charge in [0.1, 0.15) is 0 Å². The zero-order chi connectivity index (χ0) is 19.4. The van der Waals surface area contributed by atoms with Crippen molar-refractivity contribution in [2.75, 3.05) is 17.8 Å². The van der Waals surface area contributed by atoms with Crippen LogP contribution in [0.1, 0.15) is 21.8 Å². The molecule has 27 heavy (non-hydrogen) atoms. The SMILES string of the molecule is CSc1cccc(C(=O)Nc2nnc(Cc3ccc(S(C)(=O)=O)cc3)o2)c1. The van der Waals surface area contributed by atoms with Crippen LogP contribution >= 0.6 is 11.8 Å². The predicted octanol–water partition coefficient (Wildman–Crippen LogP) is 3.04. The highest BCUT2D eigenvalue weighted by atomic mass is 32.2. The van der Waals surface area contributed by atoms with Crippen molar-refractivity contribution in [1.29, 1.82) is 0 Å². The molecule has 0 aliphatic carbocycles. The molecule has 9 heteroatoms. The molecule has 0 bridgehead atoms. The molecule has 0 atom stereocenters. The first-order chi connectivity index (χ1) is 12.8. The Kier molecular flexibility index (Phi) is 5.62. The topological polar surface area (TPSA) is 102 Å². The lowest BCUT2D eigenvalue weighted by atomic mass is 10.1. The van der Waals surface area contributed by atoms with E-state index in [4.69, 9.17) is 4.42 Å². The van der Waals surface area contributed by atoms with Crippen molar-refractivity contribution in [2.24, 2.45) is 0 Å². The van der Waals surface area contributed by atoms with Crippen LogP contribution in [0.5, 0.6) is 0 Å². The van der Waals surface area contributed by atoms with E-state index >= 15 is 0 Å². The number of anilines is 1. The third-order valence-corrected chi connectivity index (χ3v) is 5.58. The van der Waals surface area contributed by atoms with Crippen LogP contribution in [0.25, 0.3) is 0 Å². The largest absolute Gasteiger partial charge is 0.407 e. The van der Waals surface area contributed by atoms with Crippen LogP contribution in [-0.4, -0.2) is 37.0 Å². The minimum Gasteiger partial charge on any atom is -0.407 e. The van der Waals surface area contributed by atoms with E-state index in [0.717, 1.165) is 16.7 Å². The average Bonchev–Trinajstić information content (AvgIpc) is 3.08. The van der Waals surface area contributed by atoms with Crippen LogP contribution < -0.4 is 5.32 Å². The van der Waals surface area contributed by atoms with E-state index in [1.54, 1.807) is 42.1 Å². The van der Waals surface area contributed by atoms with Crippen molar-refractivity contribution >= 4 is 33.5 Å². The van der Waals surface area contributed by atoms with Crippen molar-refractivity contribution in [3.63, 3.8) is 0 Å². The highest BCUT2D eigenvalue weighted by Crippen LogP contribution is 2.18. The number of carbonyl (C=O) groups excluding carboxylic acids is 1. The summed E-state index contributed by atoms with van der Waals surface area (Å²) < 4.78 is 28.4. The van der Waals surface area contributed by atoms with Gasteiger partial charge in [-0.1, -0.05) is 23.3 Å². The summed E-state index contributed by atoms with van der Waals surface area (Å²) in [5.74, 6) is -0.0196. The molecule has 0 aliphatic heterocycles. The summed E-state index contributed by atoms with van der Waals surface area (Å²) in [7, 11) is -3.23. The van der Waals surface area contributed by atoms with Gasteiger partial charge in [0, 0.05) is 16.7 Å². The Labute approximate surface area is 161 Å². The lowest BCUT2D eigenvalue weighted by Gasteiger charge is -2.02. The Morgan fingerprint density at radius 1 is 1.15 bits per heavy atom. The number of nitrogens with zero attached hydrogens (tertiary/aromatic N) is 2. The summed E-state index contributed by atoms with van der Waals surface area (Å²) in [5.41, 5.74) is 1.31. The third-order valence-electron chi connectivity index (χ3n) is 3.73. The standard InChI is InChI=1S/C18H17N3O4S2/c1-26-14-5-3-4-13(11-14)17(22)19-18-21-20-16(25-18)10-12-6-8-15(9-7-12)27(2,23)24/h3-9,11H,10H2,1-2H3,(H,19,21,22). The molecule has 1 aromatic heterocycles. The van der Waals surface area contributed by atoms with Gasteiger partial charge in [0.25, 0.3) is 5.91 Å². The molecule has 0 unspecified atom stereocenters. The normalized spacial score (nSPS) is 11.3. The molecule has 0 saturated heterocycles. The molecule has 140 valence electrons. The molecule has 0 spiro atoms. The van der Waals surface area contributed by atoms with E-state index < -0.39 is 9.84 Å². The molecular weight excluding hydrogens is 386 g/mol. The fourth-order valence-electron chi connectivity index (χ4n) is 2.34. The van der Waals surface area contributed by atoms with Crippen LogP contribution in [0.4, 0.5) is 6.01 Å². The summed E-state index contributed by atoms with van der Waals surface area (Å²) in [6, 6.07) is 13.7. The first-order valence-corrected chi connectivity index (χ1v) is 11.0. The molecule has 3 rings (SSSR count). The smallest absolute Gasteiger partial charge is 0.322 e. The monoisotopic (exact) mass is 403 g/mol. The van der Waals surface area contributed by atoms with Crippen molar-refractivity contribution in [3.8, 4) is 0 Å². The minimum atomic E-state index is -3.23. The zero-order valence-electron chi connectivity index (χ0n) is 14.7. The number of hydrogen-bond acceptors (Lipinski definition) is 7. The van der Waals surface area contributed by atoms with Gasteiger partial charge >= 0.3 is 6.01 Å². The van der Waals surface area contributed by atoms with E-state index in [9.17, 15) is 13.2 Å². The minimum absolute atomic E-state index is 0.0114. The second kappa shape index (κ2) is 7.93. The van der Waals surface area contributed by atoms with E-state index in [-0.39, 0.29) is 16.8 Å². The van der Waals surface area contributed by atoms with Gasteiger partial charge < -0.3 is 4.42 Å². The fraction of sp³-hybridized carbons (Fsp3) is 0.167. The number of aromatic nitrogens is 2. The van der Waals surface area contributed by atoms with E-state index in [1.807, 2.05) is 12.3 Å². The molecule has 7 nitrogen and oxygen atoms in total. The summed E-state index contributed by atoms with van der Waals surface area (Å²) >= 11 is 1.55. The maximum Gasteiger partial charge on any atom is 0.322 e. The lowest BCUT2D eigenvalue weighted by molar-refractivity contribution is 0.102. The second-order valence-electron chi connectivity index (χ2n) is 5.78. The summed E-state index contributed by atoms with van der Waals surface area (Å²) in [6.07, 6.45) is 3.42. The summed E-state index contributed by atoms with van der Waals surface area (Å²) in [4.78, 5) is 13.5. The van der Waals surface area contributed by atoms with Crippen molar-refractivity contribution in [1.82, 2.24) is 10.2 Å². The van der Waals surface area contributed by atoms with Crippen LogP contribution in [0.15, 0.2) is 62.7 Å². The lowest BCUT2D eigenvalue weighted by Crippen LogP contribution is -2.12. The van der Waals surface area contributed by atoms with Gasteiger partial charge in [-0.2, -0.15) is 0 Å². The molecular formula is C18H17N3O4S2. The Balaban J connectivity index is 1.67. The molecule has 1 N–H and O–H groups in total. The molecule has 3 aromatic rings. The molecule has 0 aliphatic rings. The van der Waals surface area contributed by atoms with Gasteiger partial charge in [-0.3, -0.25) is 10.1 Å². The van der Waals surface area contributed by atoms with Gasteiger partial charge in [-0.25, -0.2) is 8.42 Å². The number of hydrogen-bond donors (Lipinski definition) is 1. The predicted molar refractivity (Wildman–Crippen MR) is 103 cm³/mol. The van der Waals surface area contributed by atoms with Crippen LogP contribution in [0, 0.1) is 0 Å². The summed E-state index contributed by atoms with van der Waals surface area (Å²) in [6.45, 7) is 0. The quantitative estimate of drug-likeness (QED) is 0.631. The van der Waals surface area contributed by atoms with Crippen LogP contribution in [0.3, 0.4) is 0 Å². The summed E-state index contributed by atoms with van der Waals surface area (Å²) in [5, 5.41) is 10.3. The molecule has 0 fully saturated rings. The molecule has 2 aromatic carbocycles. The van der Waals surface area contributed by atoms with Crippen LogP contribution in [-0.2, 0) is 16.3 Å². The maximum atomic E-state index is 12.3. The van der Waals surface area contributed by atoms with Crippen molar-refractivity contribution < 1.29 is 17.6 Å². The second-order valence-corrected chi connectivity index (χ2v) is 8.68. The highest BCUT2D eigenvalue weighted by molar-refractivity contribution is 7.98. The molecule has 0 radical (unpaired) electrons. The van der Waals surface area contributed by atoms with Gasteiger partial charge in [0.05, 0.1) is 11.3 Å². The molecule has 1 heterocycles. The Bertz CT molecular complexity index is 1060. The first-order valence-electron chi connectivity index (χ1n) is 7.92. The van der Waals surface area contributed by atoms with E-state index in [1.165, 1.54) is 12.1 Å². The number of sulfone groups is 1. The van der Waals surface area contributed by atoms with Crippen LogP contribution in [0.2, 0.25) is 0 Å². The Morgan fingerprint density at radius 3 is 2.56 bits per heavy atom. The van der Waals surface area contributed by atoms with Crippen molar-refractivity contribution in [3.05, 3.63) is 65.5 Å².